The molecule has 0 aliphatic carbocycles. The molecule has 182 valence electrons. The van der Waals surface area contributed by atoms with Gasteiger partial charge in [0.15, 0.2) is 4.34 Å². The van der Waals surface area contributed by atoms with Gasteiger partial charge in [-0.3, -0.25) is 4.79 Å². The van der Waals surface area contributed by atoms with Crippen LogP contribution in [0.25, 0.3) is 0 Å². The van der Waals surface area contributed by atoms with Crippen LogP contribution in [-0.4, -0.2) is 66.9 Å². The fourth-order valence-corrected chi connectivity index (χ4v) is 5.29. The van der Waals surface area contributed by atoms with Crippen LogP contribution in [0.5, 0.6) is 11.5 Å². The van der Waals surface area contributed by atoms with Gasteiger partial charge < -0.3 is 29.7 Å². The molecule has 1 saturated heterocycles. The minimum absolute atomic E-state index is 0.143. The summed E-state index contributed by atoms with van der Waals surface area (Å²) in [5, 5.41) is 14.9. The van der Waals surface area contributed by atoms with Crippen LogP contribution in [0.15, 0.2) is 16.5 Å². The number of thioether (sulfide) groups is 1. The van der Waals surface area contributed by atoms with Gasteiger partial charge in [0.2, 0.25) is 11.0 Å². The number of carbonyl (C=O) groups is 1. The number of morpholine rings is 1. The fraction of sp³-hybridized carbons (Fsp3) is 0.591. The quantitative estimate of drug-likeness (QED) is 0.446. The molecule has 0 saturated carbocycles. The number of nitrogens with one attached hydrogen (secondary N) is 2. The number of aromatic nitrogens is 2. The summed E-state index contributed by atoms with van der Waals surface area (Å²) in [6.45, 7) is 13.7. The normalized spacial score (nSPS) is 14.8. The van der Waals surface area contributed by atoms with E-state index in [0.717, 1.165) is 28.2 Å². The Morgan fingerprint density at radius 2 is 1.85 bits per heavy atom. The molecule has 1 aromatic heterocycles. The van der Waals surface area contributed by atoms with Gasteiger partial charge in [-0.1, -0.05) is 23.1 Å². The summed E-state index contributed by atoms with van der Waals surface area (Å²) < 4.78 is 18.0. The van der Waals surface area contributed by atoms with Crippen molar-refractivity contribution in [3.8, 4) is 11.5 Å². The third kappa shape index (κ3) is 7.12. The lowest BCUT2D eigenvalue weighted by molar-refractivity contribution is -0.115. The Hall–Kier alpha value is -2.24. The van der Waals surface area contributed by atoms with Crippen LogP contribution < -0.4 is 25.0 Å². The standard InChI is InChI=1S/C22H33N5O4S2/c1-6-30-18-13-17(27-8-10-29-11-9-27)19(31-7-2)12-16(18)24-20(28)15(5)32-22-26-25-21(33-22)23-14(3)4/h12-15H,6-11H2,1-5H3,(H,23,25)(H,24,28)/t15-/m0/s1. The lowest BCUT2D eigenvalue weighted by atomic mass is 10.2. The molecule has 1 fully saturated rings. The van der Waals surface area contributed by atoms with E-state index in [0.29, 0.717) is 43.6 Å². The van der Waals surface area contributed by atoms with E-state index in [1.807, 2.05) is 46.8 Å². The topological polar surface area (TPSA) is 97.8 Å². The number of carbonyl (C=O) groups excluding carboxylic acids is 1. The Balaban J connectivity index is 1.76. The minimum atomic E-state index is -0.367. The first-order valence-electron chi connectivity index (χ1n) is 11.2. The van der Waals surface area contributed by atoms with Crippen LogP contribution in [0.1, 0.15) is 34.6 Å². The van der Waals surface area contributed by atoms with Gasteiger partial charge in [-0.05, 0) is 34.6 Å². The fourth-order valence-electron chi connectivity index (χ4n) is 3.25. The minimum Gasteiger partial charge on any atom is -0.492 e. The molecule has 1 aliphatic heterocycles. The van der Waals surface area contributed by atoms with Crippen LogP contribution >= 0.6 is 23.1 Å². The number of nitrogens with zero attached hydrogens (tertiary/aromatic N) is 3. The highest BCUT2D eigenvalue weighted by Gasteiger charge is 2.23. The highest BCUT2D eigenvalue weighted by atomic mass is 32.2. The number of hydrogen-bond donors (Lipinski definition) is 2. The van der Waals surface area contributed by atoms with Crippen LogP contribution in [0.4, 0.5) is 16.5 Å². The Morgan fingerprint density at radius 3 is 2.52 bits per heavy atom. The van der Waals surface area contributed by atoms with E-state index >= 15 is 0 Å². The second-order valence-corrected chi connectivity index (χ2v) is 10.3. The Kier molecular flexibility index (Phi) is 9.45. The number of rotatable bonds is 11. The van der Waals surface area contributed by atoms with Crippen molar-refractivity contribution in [3.05, 3.63) is 12.1 Å². The molecular weight excluding hydrogens is 462 g/mol. The molecule has 2 N–H and O–H groups in total. The number of benzene rings is 1. The smallest absolute Gasteiger partial charge is 0.237 e. The molecule has 2 aromatic rings. The highest BCUT2D eigenvalue weighted by molar-refractivity contribution is 8.02. The van der Waals surface area contributed by atoms with Crippen LogP contribution in [-0.2, 0) is 9.53 Å². The molecule has 0 radical (unpaired) electrons. The largest absolute Gasteiger partial charge is 0.492 e. The first-order valence-corrected chi connectivity index (χ1v) is 12.9. The van der Waals surface area contributed by atoms with Gasteiger partial charge in [0.25, 0.3) is 0 Å². The molecule has 1 aliphatic rings. The third-order valence-corrected chi connectivity index (χ3v) is 6.77. The van der Waals surface area contributed by atoms with E-state index in [4.69, 9.17) is 14.2 Å². The number of anilines is 3. The van der Waals surface area contributed by atoms with E-state index in [-0.39, 0.29) is 17.2 Å². The zero-order chi connectivity index (χ0) is 23.8. The van der Waals surface area contributed by atoms with Crippen LogP contribution in [0.2, 0.25) is 0 Å². The lowest BCUT2D eigenvalue weighted by Crippen LogP contribution is -2.36. The zero-order valence-electron chi connectivity index (χ0n) is 19.8. The van der Waals surface area contributed by atoms with E-state index < -0.39 is 0 Å². The molecule has 2 heterocycles. The lowest BCUT2D eigenvalue weighted by Gasteiger charge is -2.31. The molecule has 3 rings (SSSR count). The molecule has 1 aromatic carbocycles. The molecule has 9 nitrogen and oxygen atoms in total. The van der Waals surface area contributed by atoms with Gasteiger partial charge in [0, 0.05) is 31.3 Å². The average molecular weight is 496 g/mol. The Bertz CT molecular complexity index is 918. The van der Waals surface area contributed by atoms with Crippen molar-refractivity contribution >= 4 is 45.5 Å². The van der Waals surface area contributed by atoms with E-state index in [1.54, 1.807) is 0 Å². The van der Waals surface area contributed by atoms with Crippen molar-refractivity contribution in [2.24, 2.45) is 0 Å². The monoisotopic (exact) mass is 495 g/mol. The second kappa shape index (κ2) is 12.3. The van der Waals surface area contributed by atoms with E-state index in [1.165, 1.54) is 23.1 Å². The van der Waals surface area contributed by atoms with Crippen molar-refractivity contribution in [3.63, 3.8) is 0 Å². The summed E-state index contributed by atoms with van der Waals surface area (Å²) in [5.74, 6) is 1.19. The van der Waals surface area contributed by atoms with Crippen molar-refractivity contribution in [1.82, 2.24) is 10.2 Å². The van der Waals surface area contributed by atoms with Crippen LogP contribution in [0.3, 0.4) is 0 Å². The maximum absolute atomic E-state index is 13.0. The molecule has 11 heteroatoms. The first kappa shape index (κ1) is 25.4. The Morgan fingerprint density at radius 1 is 1.15 bits per heavy atom. The van der Waals surface area contributed by atoms with Gasteiger partial charge in [0.05, 0.1) is 43.1 Å². The summed E-state index contributed by atoms with van der Waals surface area (Å²) >= 11 is 2.82. The maximum atomic E-state index is 13.0. The van der Waals surface area contributed by atoms with Crippen LogP contribution in [0, 0.1) is 0 Å². The molecule has 0 unspecified atom stereocenters. The van der Waals surface area contributed by atoms with Crippen molar-refractivity contribution < 1.29 is 19.0 Å². The summed E-state index contributed by atoms with van der Waals surface area (Å²) in [6, 6.07) is 4.07. The van der Waals surface area contributed by atoms with Gasteiger partial charge in [-0.25, -0.2) is 0 Å². The predicted molar refractivity (Wildman–Crippen MR) is 134 cm³/mol. The van der Waals surface area contributed by atoms with Gasteiger partial charge in [0.1, 0.15) is 11.5 Å². The summed E-state index contributed by atoms with van der Waals surface area (Å²) in [4.78, 5) is 15.2. The maximum Gasteiger partial charge on any atom is 0.237 e. The zero-order valence-corrected chi connectivity index (χ0v) is 21.5. The molecule has 33 heavy (non-hydrogen) atoms. The average Bonchev–Trinajstić information content (AvgIpc) is 3.22. The van der Waals surface area contributed by atoms with Gasteiger partial charge >= 0.3 is 0 Å². The summed E-state index contributed by atoms with van der Waals surface area (Å²) in [6.07, 6.45) is 0. The molecule has 1 amide bonds. The Labute approximate surface area is 203 Å². The van der Waals surface area contributed by atoms with E-state index in [9.17, 15) is 4.79 Å². The number of amides is 1. The molecule has 0 spiro atoms. The van der Waals surface area contributed by atoms with Gasteiger partial charge in [-0.15, -0.1) is 10.2 Å². The predicted octanol–water partition coefficient (Wildman–Crippen LogP) is 4.11. The number of hydrogen-bond acceptors (Lipinski definition) is 10. The first-order chi connectivity index (χ1) is 15.9. The van der Waals surface area contributed by atoms with Gasteiger partial charge in [-0.2, -0.15) is 0 Å². The van der Waals surface area contributed by atoms with Crippen molar-refractivity contribution in [2.45, 2.75) is 50.3 Å². The van der Waals surface area contributed by atoms with Crippen molar-refractivity contribution in [2.75, 3.05) is 55.1 Å². The molecular formula is C22H33N5O4S2. The summed E-state index contributed by atoms with van der Waals surface area (Å²) in [5.41, 5.74) is 1.54. The molecule has 0 bridgehead atoms. The molecule has 1 atom stereocenters. The number of ether oxygens (including phenoxy) is 3. The highest BCUT2D eigenvalue weighted by Crippen LogP contribution is 2.40. The van der Waals surface area contributed by atoms with E-state index in [2.05, 4.69) is 25.7 Å². The third-order valence-electron chi connectivity index (χ3n) is 4.74. The van der Waals surface area contributed by atoms with Crippen molar-refractivity contribution in [1.29, 1.82) is 0 Å². The SMILES string of the molecule is CCOc1cc(N2CCOCC2)c(OCC)cc1NC(=O)[C@H](C)Sc1nnc(NC(C)C)s1. The second-order valence-electron chi connectivity index (χ2n) is 7.70. The summed E-state index contributed by atoms with van der Waals surface area (Å²) in [7, 11) is 0.